The maximum absolute atomic E-state index is 11.2. The lowest BCUT2D eigenvalue weighted by Gasteiger charge is -2.15. The summed E-state index contributed by atoms with van der Waals surface area (Å²) in [5, 5.41) is 15.4. The molecule has 0 aliphatic carbocycles. The van der Waals surface area contributed by atoms with Gasteiger partial charge in [0.25, 0.3) is 0 Å². The van der Waals surface area contributed by atoms with Crippen molar-refractivity contribution in [1.29, 1.82) is 0 Å². The fourth-order valence-corrected chi connectivity index (χ4v) is 1.72. The number of carboxylic acids is 1. The van der Waals surface area contributed by atoms with E-state index in [4.69, 9.17) is 5.53 Å². The molecule has 6 heteroatoms. The molecular formula is C13H18N4O2. The number of aliphatic carboxylic acids is 1. The second kappa shape index (κ2) is 7.41. The smallest absolute Gasteiger partial charge is 0.325 e. The number of nitrogens with one attached hydrogen (secondary N) is 1. The highest BCUT2D eigenvalue weighted by Crippen LogP contribution is 2.19. The SMILES string of the molecule is CC(C)c1ccc(C(NCCN=[N+]=[N-])C(=O)O)cc1. The highest BCUT2D eigenvalue weighted by molar-refractivity contribution is 5.75. The van der Waals surface area contributed by atoms with Crippen LogP contribution in [0.3, 0.4) is 0 Å². The molecule has 1 unspecified atom stereocenters. The summed E-state index contributed by atoms with van der Waals surface area (Å²) in [5.41, 5.74) is 10.0. The normalized spacial score (nSPS) is 11.9. The Morgan fingerprint density at radius 2 is 1.95 bits per heavy atom. The molecule has 0 fully saturated rings. The number of hydrogen-bond acceptors (Lipinski definition) is 3. The Balaban J connectivity index is 2.75. The Bertz CT molecular complexity index is 464. The number of carbonyl (C=O) groups is 1. The van der Waals surface area contributed by atoms with Gasteiger partial charge in [0.15, 0.2) is 0 Å². The highest BCUT2D eigenvalue weighted by Gasteiger charge is 2.18. The van der Waals surface area contributed by atoms with Crippen LogP contribution in [-0.2, 0) is 4.79 Å². The van der Waals surface area contributed by atoms with Crippen LogP contribution in [0, 0.1) is 0 Å². The van der Waals surface area contributed by atoms with E-state index in [2.05, 4.69) is 29.2 Å². The molecule has 0 bridgehead atoms. The minimum Gasteiger partial charge on any atom is -0.480 e. The monoisotopic (exact) mass is 262 g/mol. The predicted molar refractivity (Wildman–Crippen MR) is 72.9 cm³/mol. The van der Waals surface area contributed by atoms with Crippen LogP contribution in [0.15, 0.2) is 29.4 Å². The standard InChI is InChI=1S/C13H18N4O2/c1-9(2)10-3-5-11(6-4-10)12(13(18)19)15-7-8-16-17-14/h3-6,9,12,15H,7-8H2,1-2H3,(H,18,19). The molecule has 0 heterocycles. The van der Waals surface area contributed by atoms with Gasteiger partial charge in [0.1, 0.15) is 6.04 Å². The van der Waals surface area contributed by atoms with Gasteiger partial charge < -0.3 is 10.4 Å². The first kappa shape index (κ1) is 15.0. The number of carboxylic acid groups (broad SMARTS) is 1. The lowest BCUT2D eigenvalue weighted by Crippen LogP contribution is -2.30. The third kappa shape index (κ3) is 4.62. The summed E-state index contributed by atoms with van der Waals surface area (Å²) >= 11 is 0. The lowest BCUT2D eigenvalue weighted by molar-refractivity contribution is -0.139. The molecular weight excluding hydrogens is 244 g/mol. The Hall–Kier alpha value is -2.04. The number of benzene rings is 1. The first-order valence-corrected chi connectivity index (χ1v) is 6.13. The highest BCUT2D eigenvalue weighted by atomic mass is 16.4. The maximum Gasteiger partial charge on any atom is 0.325 e. The molecule has 0 saturated carbocycles. The van der Waals surface area contributed by atoms with Gasteiger partial charge in [-0.25, -0.2) is 0 Å². The first-order chi connectivity index (χ1) is 9.06. The predicted octanol–water partition coefficient (Wildman–Crippen LogP) is 2.84. The molecule has 2 N–H and O–H groups in total. The van der Waals surface area contributed by atoms with Gasteiger partial charge in [-0.05, 0) is 22.6 Å². The largest absolute Gasteiger partial charge is 0.480 e. The fraction of sp³-hybridized carbons (Fsp3) is 0.462. The van der Waals surface area contributed by atoms with Crippen molar-refractivity contribution in [2.45, 2.75) is 25.8 Å². The summed E-state index contributed by atoms with van der Waals surface area (Å²) in [6.07, 6.45) is 0. The summed E-state index contributed by atoms with van der Waals surface area (Å²) in [5.74, 6) is -0.534. The molecule has 1 aromatic carbocycles. The van der Waals surface area contributed by atoms with E-state index in [9.17, 15) is 9.90 Å². The van der Waals surface area contributed by atoms with Crippen molar-refractivity contribution in [3.63, 3.8) is 0 Å². The van der Waals surface area contributed by atoms with Crippen LogP contribution in [0.25, 0.3) is 10.4 Å². The second-order valence-corrected chi connectivity index (χ2v) is 4.50. The minimum absolute atomic E-state index is 0.227. The summed E-state index contributed by atoms with van der Waals surface area (Å²) in [7, 11) is 0. The Kier molecular flexibility index (Phi) is 5.85. The third-order valence-electron chi connectivity index (χ3n) is 2.81. The second-order valence-electron chi connectivity index (χ2n) is 4.50. The van der Waals surface area contributed by atoms with E-state index in [-0.39, 0.29) is 6.54 Å². The zero-order valence-corrected chi connectivity index (χ0v) is 11.1. The summed E-state index contributed by atoms with van der Waals surface area (Å²) < 4.78 is 0. The molecule has 1 rings (SSSR count). The van der Waals surface area contributed by atoms with E-state index >= 15 is 0 Å². The van der Waals surface area contributed by atoms with Gasteiger partial charge in [-0.1, -0.05) is 43.2 Å². The van der Waals surface area contributed by atoms with Crippen LogP contribution in [-0.4, -0.2) is 24.2 Å². The molecule has 19 heavy (non-hydrogen) atoms. The van der Waals surface area contributed by atoms with Crippen molar-refractivity contribution in [1.82, 2.24) is 5.32 Å². The van der Waals surface area contributed by atoms with Crippen LogP contribution in [0.2, 0.25) is 0 Å². The van der Waals surface area contributed by atoms with Gasteiger partial charge in [-0.3, -0.25) is 4.79 Å². The van der Waals surface area contributed by atoms with Gasteiger partial charge in [-0.2, -0.15) is 0 Å². The lowest BCUT2D eigenvalue weighted by atomic mass is 9.99. The first-order valence-electron chi connectivity index (χ1n) is 6.13. The van der Waals surface area contributed by atoms with Gasteiger partial charge in [-0.15, -0.1) is 0 Å². The molecule has 0 radical (unpaired) electrons. The van der Waals surface area contributed by atoms with E-state index in [0.29, 0.717) is 18.0 Å². The van der Waals surface area contributed by atoms with E-state index in [1.54, 1.807) is 0 Å². The van der Waals surface area contributed by atoms with Crippen LogP contribution >= 0.6 is 0 Å². The van der Waals surface area contributed by atoms with Crippen molar-refractivity contribution in [3.8, 4) is 0 Å². The van der Waals surface area contributed by atoms with E-state index < -0.39 is 12.0 Å². The molecule has 6 nitrogen and oxygen atoms in total. The molecule has 0 aromatic heterocycles. The number of azide groups is 1. The summed E-state index contributed by atoms with van der Waals surface area (Å²) in [6, 6.07) is 6.72. The molecule has 0 spiro atoms. The third-order valence-corrected chi connectivity index (χ3v) is 2.81. The van der Waals surface area contributed by atoms with Crippen molar-refractivity contribution in [2.75, 3.05) is 13.1 Å². The molecule has 1 atom stereocenters. The fourth-order valence-electron chi connectivity index (χ4n) is 1.72. The van der Waals surface area contributed by atoms with Crippen LogP contribution in [0.1, 0.15) is 36.9 Å². The van der Waals surface area contributed by atoms with Gasteiger partial charge in [0.05, 0.1) is 0 Å². The minimum atomic E-state index is -0.946. The van der Waals surface area contributed by atoms with Crippen molar-refractivity contribution in [2.24, 2.45) is 5.11 Å². The van der Waals surface area contributed by atoms with Gasteiger partial charge in [0.2, 0.25) is 0 Å². The average Bonchev–Trinajstić information content (AvgIpc) is 2.38. The van der Waals surface area contributed by atoms with Gasteiger partial charge >= 0.3 is 5.97 Å². The molecule has 0 amide bonds. The quantitative estimate of drug-likeness (QED) is 0.342. The average molecular weight is 262 g/mol. The Morgan fingerprint density at radius 1 is 1.37 bits per heavy atom. The number of rotatable bonds is 7. The maximum atomic E-state index is 11.2. The van der Waals surface area contributed by atoms with Crippen molar-refractivity contribution < 1.29 is 9.90 Å². The molecule has 102 valence electrons. The zero-order valence-electron chi connectivity index (χ0n) is 11.1. The Morgan fingerprint density at radius 3 is 2.42 bits per heavy atom. The van der Waals surface area contributed by atoms with Crippen molar-refractivity contribution >= 4 is 5.97 Å². The molecule has 0 aliphatic rings. The summed E-state index contributed by atoms with van der Waals surface area (Å²) in [4.78, 5) is 13.8. The van der Waals surface area contributed by atoms with Crippen LogP contribution in [0.4, 0.5) is 0 Å². The topological polar surface area (TPSA) is 98.1 Å². The van der Waals surface area contributed by atoms with E-state index in [0.717, 1.165) is 0 Å². The summed E-state index contributed by atoms with van der Waals surface area (Å²) in [6.45, 7) is 4.72. The van der Waals surface area contributed by atoms with E-state index in [1.165, 1.54) is 5.56 Å². The molecule has 0 aliphatic heterocycles. The number of hydrogen-bond donors (Lipinski definition) is 2. The molecule has 0 saturated heterocycles. The Labute approximate surface area is 112 Å². The molecule has 1 aromatic rings. The zero-order chi connectivity index (χ0) is 14.3. The van der Waals surface area contributed by atoms with Crippen LogP contribution < -0.4 is 5.32 Å². The van der Waals surface area contributed by atoms with Gasteiger partial charge in [0, 0.05) is 18.0 Å². The number of nitrogens with zero attached hydrogens (tertiary/aromatic N) is 3. The van der Waals surface area contributed by atoms with Crippen LogP contribution in [0.5, 0.6) is 0 Å². The van der Waals surface area contributed by atoms with Crippen molar-refractivity contribution in [3.05, 3.63) is 45.8 Å². The van der Waals surface area contributed by atoms with E-state index in [1.807, 2.05) is 24.3 Å².